The van der Waals surface area contributed by atoms with Gasteiger partial charge in [-0.15, -0.1) is 0 Å². The number of aromatic nitrogens is 1. The summed E-state index contributed by atoms with van der Waals surface area (Å²) in [6.07, 6.45) is 2.99. The molecule has 1 aromatic rings. The average molecular weight is 192 g/mol. The summed E-state index contributed by atoms with van der Waals surface area (Å²) in [7, 11) is 0. The molecule has 0 spiro atoms. The Labute approximate surface area is 82.4 Å². The van der Waals surface area contributed by atoms with Gasteiger partial charge in [0.05, 0.1) is 5.56 Å². The number of esters is 1. The van der Waals surface area contributed by atoms with E-state index < -0.39 is 5.97 Å². The third-order valence-electron chi connectivity index (χ3n) is 1.80. The number of nitrogens with zero attached hydrogens (tertiary/aromatic N) is 1. The third kappa shape index (κ3) is 2.10. The van der Waals surface area contributed by atoms with Crippen molar-refractivity contribution in [2.45, 2.75) is 6.92 Å². The van der Waals surface area contributed by atoms with Crippen LogP contribution in [0.5, 0.6) is 0 Å². The molecule has 0 amide bonds. The zero-order valence-corrected chi connectivity index (χ0v) is 7.99. The van der Waals surface area contributed by atoms with E-state index in [-0.39, 0.29) is 6.61 Å². The van der Waals surface area contributed by atoms with Gasteiger partial charge in [0, 0.05) is 11.8 Å². The summed E-state index contributed by atoms with van der Waals surface area (Å²) in [5.41, 5.74) is 6.63. The normalized spacial score (nSPS) is 9.50. The number of carbonyl (C=O) groups is 1. The predicted octanol–water partition coefficient (Wildman–Crippen LogP) is 1.32. The van der Waals surface area contributed by atoms with Crippen molar-refractivity contribution in [1.29, 1.82) is 0 Å². The Kier molecular flexibility index (Phi) is 3.23. The van der Waals surface area contributed by atoms with Crippen LogP contribution in [-0.4, -0.2) is 17.6 Å². The van der Waals surface area contributed by atoms with Crippen LogP contribution in [-0.2, 0) is 4.74 Å². The summed E-state index contributed by atoms with van der Waals surface area (Å²) in [5.74, 6) is -0.0606. The lowest BCUT2D eigenvalue weighted by molar-refractivity contribution is 0.0549. The van der Waals surface area contributed by atoms with Crippen LogP contribution in [0.4, 0.5) is 5.82 Å². The minimum atomic E-state index is -0.406. The van der Waals surface area contributed by atoms with Crippen molar-refractivity contribution < 1.29 is 9.53 Å². The molecule has 0 aliphatic carbocycles. The molecule has 14 heavy (non-hydrogen) atoms. The average Bonchev–Trinajstić information content (AvgIpc) is 2.18. The highest BCUT2D eigenvalue weighted by Crippen LogP contribution is 2.13. The Balaban J connectivity index is 2.89. The number of ether oxygens (including phenoxy) is 1. The number of nitrogen functional groups attached to an aromatic ring is 1. The first-order chi connectivity index (χ1) is 6.66. The maximum absolute atomic E-state index is 11.4. The van der Waals surface area contributed by atoms with Crippen LogP contribution in [0.15, 0.2) is 24.9 Å². The van der Waals surface area contributed by atoms with Crippen LogP contribution >= 0.6 is 0 Å². The van der Waals surface area contributed by atoms with Crippen LogP contribution in [0.25, 0.3) is 0 Å². The number of hydrogen-bond acceptors (Lipinski definition) is 4. The highest BCUT2D eigenvalue weighted by atomic mass is 16.5. The number of carbonyl (C=O) groups excluding carboxylic acids is 1. The van der Waals surface area contributed by atoms with E-state index >= 15 is 0 Å². The lowest BCUT2D eigenvalue weighted by atomic mass is 10.1. The molecular weight excluding hydrogens is 180 g/mol. The van der Waals surface area contributed by atoms with Gasteiger partial charge in [-0.3, -0.25) is 0 Å². The molecule has 0 radical (unpaired) electrons. The van der Waals surface area contributed by atoms with E-state index in [0.717, 1.165) is 0 Å². The summed E-state index contributed by atoms with van der Waals surface area (Å²) in [6.45, 7) is 5.38. The van der Waals surface area contributed by atoms with Gasteiger partial charge in [-0.05, 0) is 13.0 Å². The Morgan fingerprint density at radius 2 is 2.50 bits per heavy atom. The van der Waals surface area contributed by atoms with Crippen molar-refractivity contribution in [3.05, 3.63) is 36.0 Å². The van der Waals surface area contributed by atoms with Gasteiger partial charge in [0.1, 0.15) is 12.4 Å². The maximum Gasteiger partial charge on any atom is 0.338 e. The van der Waals surface area contributed by atoms with Crippen LogP contribution in [0, 0.1) is 6.92 Å². The Morgan fingerprint density at radius 1 is 1.79 bits per heavy atom. The zero-order valence-electron chi connectivity index (χ0n) is 7.99. The van der Waals surface area contributed by atoms with E-state index in [2.05, 4.69) is 11.6 Å². The Bertz CT molecular complexity index is 361. The molecule has 2 N–H and O–H groups in total. The molecule has 74 valence electrons. The fourth-order valence-corrected chi connectivity index (χ4v) is 0.985. The number of hydrogen-bond donors (Lipinski definition) is 1. The molecular formula is C10H12N2O2. The fraction of sp³-hybridized carbons (Fsp3) is 0.200. The first kappa shape index (κ1) is 10.2. The summed E-state index contributed by atoms with van der Waals surface area (Å²) in [6, 6.07) is 1.58. The standard InChI is InChI=1S/C10H12N2O2/c1-3-6-14-10(13)8-4-5-12-9(11)7(8)2/h3-5H,1,6H2,2H3,(H2,11,12). The Hall–Kier alpha value is -1.84. The van der Waals surface area contributed by atoms with E-state index in [1.165, 1.54) is 12.3 Å². The summed E-state index contributed by atoms with van der Waals surface area (Å²) in [5, 5.41) is 0. The van der Waals surface area contributed by atoms with Crippen molar-refractivity contribution in [2.75, 3.05) is 12.3 Å². The molecule has 0 aromatic carbocycles. The van der Waals surface area contributed by atoms with E-state index in [4.69, 9.17) is 10.5 Å². The van der Waals surface area contributed by atoms with Gasteiger partial charge in [0.2, 0.25) is 0 Å². The van der Waals surface area contributed by atoms with Gasteiger partial charge >= 0.3 is 5.97 Å². The van der Waals surface area contributed by atoms with E-state index in [9.17, 15) is 4.79 Å². The molecule has 0 atom stereocenters. The summed E-state index contributed by atoms with van der Waals surface area (Å²) < 4.78 is 4.87. The van der Waals surface area contributed by atoms with Crippen LogP contribution in [0.3, 0.4) is 0 Å². The van der Waals surface area contributed by atoms with E-state index in [0.29, 0.717) is 16.9 Å². The molecule has 0 aliphatic rings. The Morgan fingerprint density at radius 3 is 3.14 bits per heavy atom. The van der Waals surface area contributed by atoms with Crippen molar-refractivity contribution in [2.24, 2.45) is 0 Å². The number of rotatable bonds is 3. The molecule has 1 rings (SSSR count). The maximum atomic E-state index is 11.4. The topological polar surface area (TPSA) is 65.2 Å². The predicted molar refractivity (Wildman–Crippen MR) is 53.9 cm³/mol. The van der Waals surface area contributed by atoms with Crippen LogP contribution < -0.4 is 5.73 Å². The van der Waals surface area contributed by atoms with Gasteiger partial charge in [0.15, 0.2) is 0 Å². The molecule has 0 saturated heterocycles. The van der Waals surface area contributed by atoms with Crippen molar-refractivity contribution in [3.63, 3.8) is 0 Å². The summed E-state index contributed by atoms with van der Waals surface area (Å²) >= 11 is 0. The van der Waals surface area contributed by atoms with E-state index in [1.807, 2.05) is 0 Å². The third-order valence-corrected chi connectivity index (χ3v) is 1.80. The number of pyridine rings is 1. The lowest BCUT2D eigenvalue weighted by Gasteiger charge is -2.06. The number of nitrogens with two attached hydrogens (primary N) is 1. The monoisotopic (exact) mass is 192 g/mol. The number of anilines is 1. The van der Waals surface area contributed by atoms with Crippen molar-refractivity contribution >= 4 is 11.8 Å². The van der Waals surface area contributed by atoms with Gasteiger partial charge in [0.25, 0.3) is 0 Å². The molecule has 0 saturated carbocycles. The van der Waals surface area contributed by atoms with Crippen LogP contribution in [0.1, 0.15) is 15.9 Å². The van der Waals surface area contributed by atoms with Crippen LogP contribution in [0.2, 0.25) is 0 Å². The van der Waals surface area contributed by atoms with Crippen molar-refractivity contribution in [1.82, 2.24) is 4.98 Å². The van der Waals surface area contributed by atoms with Gasteiger partial charge in [-0.1, -0.05) is 12.7 Å². The lowest BCUT2D eigenvalue weighted by Crippen LogP contribution is -2.09. The highest BCUT2D eigenvalue weighted by Gasteiger charge is 2.11. The second-order valence-corrected chi connectivity index (χ2v) is 2.76. The first-order valence-corrected chi connectivity index (χ1v) is 4.16. The largest absolute Gasteiger partial charge is 0.458 e. The van der Waals surface area contributed by atoms with Gasteiger partial charge < -0.3 is 10.5 Å². The second kappa shape index (κ2) is 4.41. The molecule has 0 aliphatic heterocycles. The fourth-order valence-electron chi connectivity index (χ4n) is 0.985. The molecule has 0 bridgehead atoms. The molecule has 1 aromatic heterocycles. The second-order valence-electron chi connectivity index (χ2n) is 2.76. The minimum Gasteiger partial charge on any atom is -0.458 e. The van der Waals surface area contributed by atoms with E-state index in [1.54, 1.807) is 13.0 Å². The highest BCUT2D eigenvalue weighted by molar-refractivity contribution is 5.92. The van der Waals surface area contributed by atoms with Crippen molar-refractivity contribution in [3.8, 4) is 0 Å². The molecule has 4 nitrogen and oxygen atoms in total. The smallest absolute Gasteiger partial charge is 0.338 e. The van der Waals surface area contributed by atoms with Gasteiger partial charge in [-0.2, -0.15) is 0 Å². The molecule has 0 fully saturated rings. The first-order valence-electron chi connectivity index (χ1n) is 4.16. The molecule has 0 unspecified atom stereocenters. The van der Waals surface area contributed by atoms with Gasteiger partial charge in [-0.25, -0.2) is 9.78 Å². The summed E-state index contributed by atoms with van der Waals surface area (Å²) in [4.78, 5) is 15.3. The molecule has 4 heteroatoms. The zero-order chi connectivity index (χ0) is 10.6. The molecule has 1 heterocycles. The quantitative estimate of drug-likeness (QED) is 0.579. The minimum absolute atomic E-state index is 0.195. The SMILES string of the molecule is C=CCOC(=O)c1ccnc(N)c1C.